The Morgan fingerprint density at radius 2 is 2.24 bits per heavy atom. The summed E-state index contributed by atoms with van der Waals surface area (Å²) >= 11 is 0. The second kappa shape index (κ2) is 7.08. The molecule has 0 aliphatic carbocycles. The second-order valence-electron chi connectivity index (χ2n) is 5.33. The van der Waals surface area contributed by atoms with Crippen molar-refractivity contribution in [2.75, 3.05) is 32.0 Å². The van der Waals surface area contributed by atoms with E-state index in [9.17, 15) is 9.59 Å². The zero-order valence-corrected chi connectivity index (χ0v) is 12.5. The maximum Gasteiger partial charge on any atom is 0.319 e. The molecule has 1 aromatic carbocycles. The van der Waals surface area contributed by atoms with Crippen molar-refractivity contribution in [2.24, 2.45) is 0 Å². The molecule has 0 saturated carbocycles. The van der Waals surface area contributed by atoms with Gasteiger partial charge in [0.1, 0.15) is 0 Å². The van der Waals surface area contributed by atoms with Crippen LogP contribution in [0, 0.1) is 6.92 Å². The van der Waals surface area contributed by atoms with E-state index >= 15 is 0 Å². The molecular formula is C15H22N4O2. The zero-order valence-electron chi connectivity index (χ0n) is 12.5. The molecule has 6 heteroatoms. The Balaban J connectivity index is 1.76. The Bertz CT molecular complexity index is 512. The number of amides is 3. The predicted molar refractivity (Wildman–Crippen MR) is 82.2 cm³/mol. The summed E-state index contributed by atoms with van der Waals surface area (Å²) in [5.74, 6) is -0.0805. The monoisotopic (exact) mass is 290 g/mol. The Hall–Kier alpha value is -2.08. The highest BCUT2D eigenvalue weighted by atomic mass is 16.2. The average Bonchev–Trinajstić information content (AvgIpc) is 2.98. The molecule has 1 aromatic rings. The minimum absolute atomic E-state index is 0.00461. The number of benzene rings is 1. The first-order valence-electron chi connectivity index (χ1n) is 7.14. The quantitative estimate of drug-likeness (QED) is 0.772. The number of anilines is 1. The molecule has 1 heterocycles. The van der Waals surface area contributed by atoms with Gasteiger partial charge in [-0.05, 0) is 37.6 Å². The molecule has 21 heavy (non-hydrogen) atoms. The van der Waals surface area contributed by atoms with Gasteiger partial charge in [-0.3, -0.25) is 4.79 Å². The summed E-state index contributed by atoms with van der Waals surface area (Å²) in [6.07, 6.45) is 0.956. The number of nitrogens with one attached hydrogen (secondary N) is 3. The van der Waals surface area contributed by atoms with Gasteiger partial charge in [0.25, 0.3) is 0 Å². The Kier molecular flexibility index (Phi) is 5.16. The van der Waals surface area contributed by atoms with Crippen LogP contribution in [0.1, 0.15) is 12.0 Å². The molecule has 0 bridgehead atoms. The van der Waals surface area contributed by atoms with E-state index in [1.54, 1.807) is 11.9 Å². The van der Waals surface area contributed by atoms with Crippen LogP contribution in [0.25, 0.3) is 0 Å². The molecule has 1 aliphatic heterocycles. The van der Waals surface area contributed by atoms with Crippen LogP contribution in [-0.2, 0) is 4.79 Å². The van der Waals surface area contributed by atoms with Gasteiger partial charge in [-0.25, -0.2) is 4.79 Å². The largest absolute Gasteiger partial charge is 0.340 e. The standard InChI is InChI=1S/C15H22N4O2/c1-11-4-3-5-12(8-11)18-15(21)17-10-14(20)19(2)13-6-7-16-9-13/h3-5,8,13,16H,6-7,9-10H2,1-2H3,(H2,17,18,21). The fraction of sp³-hybridized carbons (Fsp3) is 0.467. The Labute approximate surface area is 124 Å². The van der Waals surface area contributed by atoms with Crippen molar-refractivity contribution >= 4 is 17.6 Å². The Morgan fingerprint density at radius 3 is 2.90 bits per heavy atom. The van der Waals surface area contributed by atoms with E-state index in [-0.39, 0.29) is 24.5 Å². The topological polar surface area (TPSA) is 73.5 Å². The molecule has 1 fully saturated rings. The summed E-state index contributed by atoms with van der Waals surface area (Å²) in [6, 6.07) is 7.36. The molecule has 1 atom stereocenters. The highest BCUT2D eigenvalue weighted by Gasteiger charge is 2.23. The number of hydrogen-bond acceptors (Lipinski definition) is 3. The van der Waals surface area contributed by atoms with E-state index in [0.29, 0.717) is 5.69 Å². The molecule has 1 saturated heterocycles. The summed E-state index contributed by atoms with van der Waals surface area (Å²) in [4.78, 5) is 25.5. The molecule has 1 unspecified atom stereocenters. The third-order valence-corrected chi connectivity index (χ3v) is 3.65. The van der Waals surface area contributed by atoms with Crippen molar-refractivity contribution < 1.29 is 9.59 Å². The predicted octanol–water partition coefficient (Wildman–Crippen LogP) is 0.937. The van der Waals surface area contributed by atoms with Gasteiger partial charge in [-0.2, -0.15) is 0 Å². The summed E-state index contributed by atoms with van der Waals surface area (Å²) in [7, 11) is 1.78. The van der Waals surface area contributed by atoms with Crippen molar-refractivity contribution in [3.05, 3.63) is 29.8 Å². The average molecular weight is 290 g/mol. The lowest BCUT2D eigenvalue weighted by Gasteiger charge is -2.23. The minimum atomic E-state index is -0.369. The summed E-state index contributed by atoms with van der Waals surface area (Å²) < 4.78 is 0. The molecule has 0 aromatic heterocycles. The molecule has 0 spiro atoms. The molecule has 114 valence electrons. The molecule has 2 rings (SSSR count). The fourth-order valence-corrected chi connectivity index (χ4v) is 2.35. The molecule has 3 N–H and O–H groups in total. The van der Waals surface area contributed by atoms with Gasteiger partial charge in [-0.15, -0.1) is 0 Å². The summed E-state index contributed by atoms with van der Waals surface area (Å²) in [5, 5.41) is 8.52. The highest BCUT2D eigenvalue weighted by molar-refractivity contribution is 5.92. The van der Waals surface area contributed by atoms with Gasteiger partial charge in [0.2, 0.25) is 5.91 Å². The summed E-state index contributed by atoms with van der Waals surface area (Å²) in [5.41, 5.74) is 1.78. The van der Waals surface area contributed by atoms with Crippen LogP contribution in [0.5, 0.6) is 0 Å². The van der Waals surface area contributed by atoms with Gasteiger partial charge < -0.3 is 20.9 Å². The first kappa shape index (κ1) is 15.3. The van der Waals surface area contributed by atoms with Crippen LogP contribution < -0.4 is 16.0 Å². The second-order valence-corrected chi connectivity index (χ2v) is 5.33. The van der Waals surface area contributed by atoms with E-state index in [2.05, 4.69) is 16.0 Å². The number of rotatable bonds is 4. The lowest BCUT2D eigenvalue weighted by atomic mass is 10.2. The highest BCUT2D eigenvalue weighted by Crippen LogP contribution is 2.09. The van der Waals surface area contributed by atoms with Crippen LogP contribution in [0.3, 0.4) is 0 Å². The van der Waals surface area contributed by atoms with Gasteiger partial charge in [0.05, 0.1) is 6.54 Å². The van der Waals surface area contributed by atoms with Crippen molar-refractivity contribution in [3.63, 3.8) is 0 Å². The normalized spacial score (nSPS) is 17.3. The molecule has 1 aliphatic rings. The number of likely N-dealkylation sites (N-methyl/N-ethyl adjacent to an activating group) is 1. The van der Waals surface area contributed by atoms with Crippen LogP contribution in [0.15, 0.2) is 24.3 Å². The van der Waals surface area contributed by atoms with E-state index < -0.39 is 0 Å². The van der Waals surface area contributed by atoms with Crippen molar-refractivity contribution in [1.82, 2.24) is 15.5 Å². The minimum Gasteiger partial charge on any atom is -0.340 e. The number of carbonyl (C=O) groups is 2. The van der Waals surface area contributed by atoms with Crippen LogP contribution in [0.4, 0.5) is 10.5 Å². The SMILES string of the molecule is Cc1cccc(NC(=O)NCC(=O)N(C)C2CCNC2)c1. The van der Waals surface area contributed by atoms with Crippen molar-refractivity contribution in [2.45, 2.75) is 19.4 Å². The number of aryl methyl sites for hydroxylation is 1. The third kappa shape index (κ3) is 4.46. The van der Waals surface area contributed by atoms with E-state index in [1.165, 1.54) is 0 Å². The maximum absolute atomic E-state index is 12.0. The number of nitrogens with zero attached hydrogens (tertiary/aromatic N) is 1. The van der Waals surface area contributed by atoms with Gasteiger partial charge in [-0.1, -0.05) is 12.1 Å². The molecule has 0 radical (unpaired) electrons. The molecule has 3 amide bonds. The van der Waals surface area contributed by atoms with Crippen LogP contribution >= 0.6 is 0 Å². The maximum atomic E-state index is 12.0. The smallest absolute Gasteiger partial charge is 0.319 e. The lowest BCUT2D eigenvalue weighted by molar-refractivity contribution is -0.130. The van der Waals surface area contributed by atoms with Gasteiger partial charge in [0, 0.05) is 25.3 Å². The van der Waals surface area contributed by atoms with E-state index in [4.69, 9.17) is 0 Å². The lowest BCUT2D eigenvalue weighted by Crippen LogP contribution is -2.44. The third-order valence-electron chi connectivity index (χ3n) is 3.65. The molecular weight excluding hydrogens is 268 g/mol. The number of urea groups is 1. The number of hydrogen-bond donors (Lipinski definition) is 3. The van der Waals surface area contributed by atoms with Crippen LogP contribution in [-0.4, -0.2) is 49.6 Å². The van der Waals surface area contributed by atoms with Crippen molar-refractivity contribution in [1.29, 1.82) is 0 Å². The summed E-state index contributed by atoms with van der Waals surface area (Å²) in [6.45, 7) is 3.71. The first-order valence-corrected chi connectivity index (χ1v) is 7.14. The molecule has 6 nitrogen and oxygen atoms in total. The number of carbonyl (C=O) groups excluding carboxylic acids is 2. The van der Waals surface area contributed by atoms with E-state index in [1.807, 2.05) is 31.2 Å². The van der Waals surface area contributed by atoms with E-state index in [0.717, 1.165) is 25.1 Å². The van der Waals surface area contributed by atoms with Crippen molar-refractivity contribution in [3.8, 4) is 0 Å². The first-order chi connectivity index (χ1) is 10.1. The van der Waals surface area contributed by atoms with Gasteiger partial charge >= 0.3 is 6.03 Å². The Morgan fingerprint density at radius 1 is 1.43 bits per heavy atom. The van der Waals surface area contributed by atoms with Gasteiger partial charge in [0.15, 0.2) is 0 Å². The fourth-order valence-electron chi connectivity index (χ4n) is 2.35. The van der Waals surface area contributed by atoms with Crippen LogP contribution in [0.2, 0.25) is 0 Å². The zero-order chi connectivity index (χ0) is 15.2.